The molecule has 0 spiro atoms. The lowest BCUT2D eigenvalue weighted by molar-refractivity contribution is -0.147. The first-order chi connectivity index (χ1) is 9.01. The zero-order chi connectivity index (χ0) is 14.7. The average molecular weight is 274 g/mol. The predicted octanol–water partition coefficient (Wildman–Crippen LogP) is -0.148. The largest absolute Gasteiger partial charge is 0.480 e. The molecule has 0 atom stereocenters. The van der Waals surface area contributed by atoms with Gasteiger partial charge in [0.25, 0.3) is 0 Å². The molecule has 0 aliphatic rings. The van der Waals surface area contributed by atoms with Gasteiger partial charge < -0.3 is 20.1 Å². The molecule has 0 fully saturated rings. The maximum Gasteiger partial charge on any atom is 0.329 e. The molecule has 19 heavy (non-hydrogen) atoms. The Kier molecular flexibility index (Phi) is 9.42. The third kappa shape index (κ3) is 9.01. The summed E-state index contributed by atoms with van der Waals surface area (Å²) in [5, 5.41) is 11.1. The highest BCUT2D eigenvalue weighted by molar-refractivity contribution is 5.85. The Labute approximate surface area is 112 Å². The number of carboxylic acid groups (broad SMARTS) is 1. The second-order valence-electron chi connectivity index (χ2n) is 4.05. The molecule has 0 aromatic heterocycles. The van der Waals surface area contributed by atoms with Crippen molar-refractivity contribution in [2.24, 2.45) is 0 Å². The fourth-order valence-electron chi connectivity index (χ4n) is 1.37. The van der Waals surface area contributed by atoms with Crippen molar-refractivity contribution in [1.82, 2.24) is 10.2 Å². The van der Waals surface area contributed by atoms with Gasteiger partial charge in [-0.15, -0.1) is 0 Å². The molecule has 0 bridgehead atoms. The van der Waals surface area contributed by atoms with E-state index in [9.17, 15) is 14.4 Å². The first-order valence-corrected chi connectivity index (χ1v) is 6.35. The highest BCUT2D eigenvalue weighted by Crippen LogP contribution is 1.94. The van der Waals surface area contributed by atoms with Crippen molar-refractivity contribution >= 4 is 17.8 Å². The maximum absolute atomic E-state index is 11.8. The van der Waals surface area contributed by atoms with Crippen molar-refractivity contribution < 1.29 is 24.2 Å². The summed E-state index contributed by atoms with van der Waals surface area (Å²) in [6, 6.07) is 0. The normalized spacial score (nSPS) is 10.0. The number of hydrogen-bond acceptors (Lipinski definition) is 4. The molecule has 0 saturated heterocycles. The van der Waals surface area contributed by atoms with Crippen LogP contribution in [0.3, 0.4) is 0 Å². The standard InChI is InChI=1S/C12H22N2O5/c1-3-5-13-10(15)7-14(6-4-2)11(16)8-19-9-12(17)18/h3-9H2,1-2H3,(H,13,15)(H,17,18). The summed E-state index contributed by atoms with van der Waals surface area (Å²) in [6.45, 7) is 3.97. The summed E-state index contributed by atoms with van der Waals surface area (Å²) in [5.41, 5.74) is 0. The fourth-order valence-corrected chi connectivity index (χ4v) is 1.37. The third-order valence-corrected chi connectivity index (χ3v) is 2.20. The molecule has 7 nitrogen and oxygen atoms in total. The number of nitrogens with zero attached hydrogens (tertiary/aromatic N) is 1. The van der Waals surface area contributed by atoms with Crippen LogP contribution < -0.4 is 5.32 Å². The van der Waals surface area contributed by atoms with E-state index in [1.165, 1.54) is 4.90 Å². The lowest BCUT2D eigenvalue weighted by Gasteiger charge is -2.21. The number of ether oxygens (including phenoxy) is 1. The molecule has 0 aliphatic heterocycles. The van der Waals surface area contributed by atoms with Gasteiger partial charge in [-0.2, -0.15) is 0 Å². The van der Waals surface area contributed by atoms with E-state index >= 15 is 0 Å². The van der Waals surface area contributed by atoms with Crippen LogP contribution in [-0.4, -0.2) is 60.6 Å². The fraction of sp³-hybridized carbons (Fsp3) is 0.750. The van der Waals surface area contributed by atoms with E-state index in [4.69, 9.17) is 9.84 Å². The Morgan fingerprint density at radius 2 is 1.84 bits per heavy atom. The third-order valence-electron chi connectivity index (χ3n) is 2.20. The lowest BCUT2D eigenvalue weighted by atomic mass is 10.3. The van der Waals surface area contributed by atoms with Crippen molar-refractivity contribution in [3.63, 3.8) is 0 Å². The van der Waals surface area contributed by atoms with Gasteiger partial charge in [0, 0.05) is 13.1 Å². The van der Waals surface area contributed by atoms with Gasteiger partial charge in [-0.1, -0.05) is 13.8 Å². The summed E-state index contributed by atoms with van der Waals surface area (Å²) in [5.74, 6) is -1.73. The van der Waals surface area contributed by atoms with E-state index < -0.39 is 12.6 Å². The molecule has 2 amide bonds. The smallest absolute Gasteiger partial charge is 0.329 e. The number of rotatable bonds is 10. The molecular weight excluding hydrogens is 252 g/mol. The number of aliphatic carboxylic acids is 1. The van der Waals surface area contributed by atoms with Crippen LogP contribution in [0.2, 0.25) is 0 Å². The average Bonchev–Trinajstić information content (AvgIpc) is 2.35. The van der Waals surface area contributed by atoms with Gasteiger partial charge in [0.05, 0.1) is 6.54 Å². The second-order valence-corrected chi connectivity index (χ2v) is 4.05. The van der Waals surface area contributed by atoms with Crippen LogP contribution in [0.15, 0.2) is 0 Å². The van der Waals surface area contributed by atoms with Crippen LogP contribution in [0.25, 0.3) is 0 Å². The minimum atomic E-state index is -1.13. The van der Waals surface area contributed by atoms with Gasteiger partial charge in [0.15, 0.2) is 0 Å². The van der Waals surface area contributed by atoms with Crippen molar-refractivity contribution in [3.05, 3.63) is 0 Å². The van der Waals surface area contributed by atoms with Crippen LogP contribution in [0.5, 0.6) is 0 Å². The first kappa shape index (κ1) is 17.4. The molecule has 0 radical (unpaired) electrons. The summed E-state index contributed by atoms with van der Waals surface area (Å²) in [4.78, 5) is 34.9. The second kappa shape index (κ2) is 10.3. The van der Waals surface area contributed by atoms with Gasteiger partial charge in [0.1, 0.15) is 13.2 Å². The Morgan fingerprint density at radius 3 is 2.37 bits per heavy atom. The monoisotopic (exact) mass is 274 g/mol. The number of carboxylic acids is 1. The van der Waals surface area contributed by atoms with E-state index in [-0.39, 0.29) is 25.0 Å². The molecule has 2 N–H and O–H groups in total. The topological polar surface area (TPSA) is 95.9 Å². The van der Waals surface area contributed by atoms with E-state index in [1.807, 2.05) is 13.8 Å². The SMILES string of the molecule is CCCNC(=O)CN(CCC)C(=O)COCC(=O)O. The van der Waals surface area contributed by atoms with E-state index in [1.54, 1.807) is 0 Å². The van der Waals surface area contributed by atoms with Crippen LogP contribution >= 0.6 is 0 Å². The number of carbonyl (C=O) groups is 3. The van der Waals surface area contributed by atoms with Crippen molar-refractivity contribution in [3.8, 4) is 0 Å². The van der Waals surface area contributed by atoms with Gasteiger partial charge in [-0.3, -0.25) is 9.59 Å². The lowest BCUT2D eigenvalue weighted by Crippen LogP contribution is -2.43. The van der Waals surface area contributed by atoms with E-state index in [2.05, 4.69) is 5.32 Å². The summed E-state index contributed by atoms with van der Waals surface area (Å²) < 4.78 is 4.72. The number of amides is 2. The number of nitrogens with one attached hydrogen (secondary N) is 1. The molecule has 110 valence electrons. The molecule has 0 aromatic rings. The van der Waals surface area contributed by atoms with Crippen LogP contribution in [0.4, 0.5) is 0 Å². The van der Waals surface area contributed by atoms with E-state index in [0.717, 1.165) is 6.42 Å². The Balaban J connectivity index is 4.17. The van der Waals surface area contributed by atoms with Crippen LogP contribution in [0.1, 0.15) is 26.7 Å². The zero-order valence-electron chi connectivity index (χ0n) is 11.5. The molecule has 7 heteroatoms. The molecule has 0 rings (SSSR count). The maximum atomic E-state index is 11.8. The summed E-state index contributed by atoms with van der Waals surface area (Å²) in [7, 11) is 0. The zero-order valence-corrected chi connectivity index (χ0v) is 11.5. The summed E-state index contributed by atoms with van der Waals surface area (Å²) in [6.07, 6.45) is 1.54. The number of hydrogen-bond donors (Lipinski definition) is 2. The van der Waals surface area contributed by atoms with Crippen molar-refractivity contribution in [2.75, 3.05) is 32.8 Å². The van der Waals surface area contributed by atoms with Crippen molar-refractivity contribution in [1.29, 1.82) is 0 Å². The minimum absolute atomic E-state index is 0.0247. The Hall–Kier alpha value is -1.63. The quantitative estimate of drug-likeness (QED) is 0.577. The van der Waals surface area contributed by atoms with Gasteiger partial charge in [-0.05, 0) is 12.8 Å². The van der Waals surface area contributed by atoms with E-state index in [0.29, 0.717) is 19.5 Å². The predicted molar refractivity (Wildman–Crippen MR) is 68.6 cm³/mol. The molecule has 0 saturated carbocycles. The highest BCUT2D eigenvalue weighted by atomic mass is 16.5. The highest BCUT2D eigenvalue weighted by Gasteiger charge is 2.16. The minimum Gasteiger partial charge on any atom is -0.480 e. The first-order valence-electron chi connectivity index (χ1n) is 6.35. The van der Waals surface area contributed by atoms with Crippen molar-refractivity contribution in [2.45, 2.75) is 26.7 Å². The Bertz CT molecular complexity index is 306. The van der Waals surface area contributed by atoms with Gasteiger partial charge >= 0.3 is 5.97 Å². The molecule has 0 heterocycles. The molecule has 0 aromatic carbocycles. The summed E-state index contributed by atoms with van der Waals surface area (Å²) >= 11 is 0. The molecule has 0 unspecified atom stereocenters. The van der Waals surface area contributed by atoms with Gasteiger partial charge in [-0.25, -0.2) is 4.79 Å². The Morgan fingerprint density at radius 1 is 1.16 bits per heavy atom. The van der Waals surface area contributed by atoms with Crippen LogP contribution in [0, 0.1) is 0 Å². The van der Waals surface area contributed by atoms with Crippen LogP contribution in [-0.2, 0) is 19.1 Å². The molecular formula is C12H22N2O5. The number of carbonyl (C=O) groups excluding carboxylic acids is 2. The molecule has 0 aliphatic carbocycles. The van der Waals surface area contributed by atoms with Gasteiger partial charge in [0.2, 0.25) is 11.8 Å².